The summed E-state index contributed by atoms with van der Waals surface area (Å²) in [7, 11) is 0. The van der Waals surface area contributed by atoms with Crippen LogP contribution in [0.1, 0.15) is 53.9 Å². The molecule has 1 aromatic rings. The first-order valence-electron chi connectivity index (χ1n) is 8.06. The van der Waals surface area contributed by atoms with Gasteiger partial charge in [-0.3, -0.25) is 4.79 Å². The maximum Gasteiger partial charge on any atom is 0.280 e. The molecule has 0 unspecified atom stereocenters. The van der Waals surface area contributed by atoms with Gasteiger partial charge in [-0.05, 0) is 37.7 Å². The summed E-state index contributed by atoms with van der Waals surface area (Å²) in [5, 5.41) is 14.7. The second-order valence-corrected chi connectivity index (χ2v) is 6.93. The second kappa shape index (κ2) is 7.74. The van der Waals surface area contributed by atoms with Gasteiger partial charge in [0.15, 0.2) is 6.54 Å². The van der Waals surface area contributed by atoms with Gasteiger partial charge >= 0.3 is 0 Å². The molecule has 0 fully saturated rings. The predicted octanol–water partition coefficient (Wildman–Crippen LogP) is 0.244. The number of thiophene rings is 1. The Hall–Kier alpha value is -1.40. The van der Waals surface area contributed by atoms with Gasteiger partial charge in [0, 0.05) is 10.4 Å². The molecule has 2 N–H and O–H groups in total. The second-order valence-electron chi connectivity index (χ2n) is 5.82. The van der Waals surface area contributed by atoms with E-state index in [0.29, 0.717) is 11.5 Å². The molecule has 6 heteroatoms. The van der Waals surface area contributed by atoms with Gasteiger partial charge < -0.3 is 20.1 Å². The topological polar surface area (TPSA) is 73.7 Å². The summed E-state index contributed by atoms with van der Waals surface area (Å²) in [5.74, 6) is -1.29. The van der Waals surface area contributed by atoms with Crippen LogP contribution in [0.4, 0.5) is 5.00 Å². The number of rotatable bonds is 8. The third-order valence-corrected chi connectivity index (χ3v) is 5.20. The predicted molar refractivity (Wildman–Crippen MR) is 85.4 cm³/mol. The fourth-order valence-corrected chi connectivity index (χ4v) is 4.41. The quantitative estimate of drug-likeness (QED) is 0.720. The van der Waals surface area contributed by atoms with Crippen LogP contribution in [0.15, 0.2) is 0 Å². The fourth-order valence-electron chi connectivity index (χ4n) is 3.12. The summed E-state index contributed by atoms with van der Waals surface area (Å²) >= 11 is 1.40. The molecule has 0 radical (unpaired) electrons. The maximum atomic E-state index is 12.2. The Morgan fingerprint density at radius 2 is 1.91 bits per heavy atom. The van der Waals surface area contributed by atoms with Gasteiger partial charge in [0.25, 0.3) is 5.91 Å². The van der Waals surface area contributed by atoms with Crippen LogP contribution in [-0.4, -0.2) is 31.5 Å². The smallest absolute Gasteiger partial charge is 0.280 e. The van der Waals surface area contributed by atoms with E-state index >= 15 is 0 Å². The van der Waals surface area contributed by atoms with E-state index in [9.17, 15) is 14.7 Å². The van der Waals surface area contributed by atoms with E-state index in [4.69, 9.17) is 0 Å². The van der Waals surface area contributed by atoms with Crippen LogP contribution < -0.4 is 15.3 Å². The lowest BCUT2D eigenvalue weighted by atomic mass is 10.1. The van der Waals surface area contributed by atoms with Crippen molar-refractivity contribution >= 4 is 28.2 Å². The molecule has 22 heavy (non-hydrogen) atoms. The first-order valence-corrected chi connectivity index (χ1v) is 8.87. The van der Waals surface area contributed by atoms with Crippen molar-refractivity contribution < 1.29 is 19.6 Å². The molecule has 0 atom stereocenters. The number of aromatic carboxylic acids is 1. The Balaban J connectivity index is 2.07. The van der Waals surface area contributed by atoms with E-state index in [0.717, 1.165) is 55.6 Å². The van der Waals surface area contributed by atoms with Crippen molar-refractivity contribution in [1.29, 1.82) is 0 Å². The van der Waals surface area contributed by atoms with Crippen molar-refractivity contribution in [3.05, 3.63) is 16.0 Å². The van der Waals surface area contributed by atoms with Crippen LogP contribution in [0.3, 0.4) is 0 Å². The summed E-state index contributed by atoms with van der Waals surface area (Å²) in [6.45, 7) is 6.50. The van der Waals surface area contributed by atoms with Crippen LogP contribution in [0.5, 0.6) is 0 Å². The van der Waals surface area contributed by atoms with Gasteiger partial charge in [-0.2, -0.15) is 0 Å². The van der Waals surface area contributed by atoms with Gasteiger partial charge in [-0.25, -0.2) is 0 Å². The Morgan fingerprint density at radius 3 is 2.50 bits per heavy atom. The first kappa shape index (κ1) is 17.0. The lowest BCUT2D eigenvalue weighted by Crippen LogP contribution is -3.13. The van der Waals surface area contributed by atoms with Crippen molar-refractivity contribution in [1.82, 2.24) is 0 Å². The van der Waals surface area contributed by atoms with E-state index in [1.165, 1.54) is 16.2 Å². The molecule has 1 heterocycles. The first-order chi connectivity index (χ1) is 10.6. The van der Waals surface area contributed by atoms with Gasteiger partial charge in [-0.1, -0.05) is 13.8 Å². The molecule has 5 nitrogen and oxygen atoms in total. The molecule has 0 saturated heterocycles. The minimum absolute atomic E-state index is 0.112. The largest absolute Gasteiger partial charge is 0.545 e. The van der Waals surface area contributed by atoms with E-state index in [1.54, 1.807) is 0 Å². The Kier molecular flexibility index (Phi) is 5.97. The number of aryl methyl sites for hydroxylation is 1. The van der Waals surface area contributed by atoms with Crippen molar-refractivity contribution in [2.75, 3.05) is 25.0 Å². The maximum absolute atomic E-state index is 12.2. The number of hydrogen-bond acceptors (Lipinski definition) is 4. The van der Waals surface area contributed by atoms with Gasteiger partial charge in [0.1, 0.15) is 5.00 Å². The summed E-state index contributed by atoms with van der Waals surface area (Å²) < 4.78 is 0. The zero-order chi connectivity index (χ0) is 16.1. The number of carboxylic acids is 1. The molecule has 1 aromatic heterocycles. The number of hydrogen-bond donors (Lipinski definition) is 2. The monoisotopic (exact) mass is 324 g/mol. The average molecular weight is 324 g/mol. The molecule has 1 aliphatic carbocycles. The number of quaternary nitrogens is 1. The number of carboxylic acid groups (broad SMARTS) is 1. The van der Waals surface area contributed by atoms with E-state index in [-0.39, 0.29) is 11.5 Å². The molecular formula is C16H24N2O3S. The van der Waals surface area contributed by atoms with E-state index in [1.807, 2.05) is 0 Å². The molecule has 0 spiro atoms. The van der Waals surface area contributed by atoms with Crippen molar-refractivity contribution in [2.45, 2.75) is 46.0 Å². The van der Waals surface area contributed by atoms with E-state index < -0.39 is 5.97 Å². The normalized spacial score (nSPS) is 13.4. The Morgan fingerprint density at radius 1 is 1.23 bits per heavy atom. The summed E-state index contributed by atoms with van der Waals surface area (Å²) in [6.07, 6.45) is 4.72. The molecule has 0 aromatic carbocycles. The van der Waals surface area contributed by atoms with Crippen LogP contribution in [0.2, 0.25) is 0 Å². The average Bonchev–Trinajstić information content (AvgIpc) is 2.98. The highest BCUT2D eigenvalue weighted by atomic mass is 32.1. The highest BCUT2D eigenvalue weighted by Crippen LogP contribution is 2.38. The van der Waals surface area contributed by atoms with Crippen LogP contribution in [-0.2, 0) is 17.6 Å². The van der Waals surface area contributed by atoms with Crippen LogP contribution in [0.25, 0.3) is 0 Å². The number of amides is 1. The van der Waals surface area contributed by atoms with Crippen LogP contribution >= 0.6 is 11.3 Å². The number of fused-ring (bicyclic) bond motifs is 1. The molecule has 1 amide bonds. The lowest BCUT2D eigenvalue weighted by molar-refractivity contribution is -0.891. The number of anilines is 1. The van der Waals surface area contributed by atoms with E-state index in [2.05, 4.69) is 19.2 Å². The highest BCUT2D eigenvalue weighted by molar-refractivity contribution is 7.17. The summed E-state index contributed by atoms with van der Waals surface area (Å²) in [4.78, 5) is 25.9. The summed E-state index contributed by atoms with van der Waals surface area (Å²) in [6, 6.07) is 0. The number of carbonyl (C=O) groups is 2. The van der Waals surface area contributed by atoms with Gasteiger partial charge in [-0.15, -0.1) is 11.3 Å². The third-order valence-electron chi connectivity index (χ3n) is 4.00. The summed E-state index contributed by atoms with van der Waals surface area (Å²) in [5.41, 5.74) is 1.07. The van der Waals surface area contributed by atoms with Gasteiger partial charge in [0.05, 0.1) is 19.1 Å². The molecule has 0 bridgehead atoms. The Bertz CT molecular complexity index is 548. The molecular weight excluding hydrogens is 300 g/mol. The zero-order valence-electron chi connectivity index (χ0n) is 13.3. The van der Waals surface area contributed by atoms with Crippen molar-refractivity contribution in [2.24, 2.45) is 0 Å². The highest BCUT2D eigenvalue weighted by Gasteiger charge is 2.24. The zero-order valence-corrected chi connectivity index (χ0v) is 14.1. The minimum Gasteiger partial charge on any atom is -0.545 e. The van der Waals surface area contributed by atoms with Crippen molar-refractivity contribution in [3.63, 3.8) is 0 Å². The molecule has 1 aliphatic rings. The van der Waals surface area contributed by atoms with Gasteiger partial charge in [0.2, 0.25) is 0 Å². The van der Waals surface area contributed by atoms with Crippen LogP contribution in [0, 0.1) is 0 Å². The lowest BCUT2D eigenvalue weighted by Gasteiger charge is -2.17. The number of carbonyl (C=O) groups excluding carboxylic acids is 2. The molecule has 2 rings (SSSR count). The molecule has 0 aliphatic heterocycles. The molecule has 0 saturated carbocycles. The Labute approximate surface area is 135 Å². The van der Waals surface area contributed by atoms with Crippen molar-refractivity contribution in [3.8, 4) is 0 Å². The fraction of sp³-hybridized carbons (Fsp3) is 0.625. The standard InChI is InChI=1S/C16H24N2O3S/c1-3-8-18(9-4-2)10-13(19)17-15-14(16(20)21)11-6-5-7-12(11)22-15/h3-10H2,1-2H3,(H,17,19)(H,20,21). The SMILES string of the molecule is CCC[NH+](CCC)CC(=O)Nc1sc2c(c1C(=O)[O-])CCC2. The minimum atomic E-state index is -1.18. The third kappa shape index (κ3) is 3.87. The molecule has 122 valence electrons. The number of nitrogens with one attached hydrogen (secondary N) is 2.